The van der Waals surface area contributed by atoms with E-state index in [4.69, 9.17) is 4.42 Å². The Morgan fingerprint density at radius 2 is 2.30 bits per heavy atom. The van der Waals surface area contributed by atoms with Crippen LogP contribution in [0.1, 0.15) is 12.7 Å². The fourth-order valence-corrected chi connectivity index (χ4v) is 2.43. The van der Waals surface area contributed by atoms with E-state index in [0.29, 0.717) is 5.76 Å². The predicted octanol–water partition coefficient (Wildman–Crippen LogP) is 0.983. The number of alkyl halides is 1. The molecule has 0 radical (unpaired) electrons. The van der Waals surface area contributed by atoms with Crippen molar-refractivity contribution in [2.45, 2.75) is 17.3 Å². The topological polar surface area (TPSA) is 88.8 Å². The monoisotopic (exact) mass is 344 g/mol. The van der Waals surface area contributed by atoms with Crippen molar-refractivity contribution in [1.29, 1.82) is 0 Å². The number of halogens is 1. The number of carbonyl (C=O) groups excluding carboxylic acids is 3. The number of furan rings is 1. The Morgan fingerprint density at radius 1 is 1.60 bits per heavy atom. The van der Waals surface area contributed by atoms with Crippen LogP contribution in [0.4, 0.5) is 4.79 Å². The van der Waals surface area contributed by atoms with E-state index < -0.39 is 28.3 Å². The zero-order valence-electron chi connectivity index (χ0n) is 10.9. The molecule has 20 heavy (non-hydrogen) atoms. The maximum absolute atomic E-state index is 12.4. The second-order valence-corrected chi connectivity index (χ2v) is 5.54. The third-order valence-electron chi connectivity index (χ3n) is 3.09. The van der Waals surface area contributed by atoms with Crippen molar-refractivity contribution in [2.75, 3.05) is 13.7 Å². The van der Waals surface area contributed by atoms with Crippen LogP contribution in [0.2, 0.25) is 0 Å². The van der Waals surface area contributed by atoms with E-state index in [9.17, 15) is 14.4 Å². The molecule has 0 bridgehead atoms. The smallest absolute Gasteiger partial charge is 0.325 e. The number of nitrogens with zero attached hydrogens (tertiary/aromatic N) is 1. The van der Waals surface area contributed by atoms with Crippen LogP contribution >= 0.6 is 15.9 Å². The van der Waals surface area contributed by atoms with Gasteiger partial charge in [-0.2, -0.15) is 0 Å². The molecule has 3 amide bonds. The average molecular weight is 345 g/mol. The Labute approximate surface area is 123 Å². The van der Waals surface area contributed by atoms with Crippen molar-refractivity contribution in [1.82, 2.24) is 10.2 Å². The van der Waals surface area contributed by atoms with Gasteiger partial charge in [0.1, 0.15) is 10.6 Å². The van der Waals surface area contributed by atoms with E-state index in [0.717, 1.165) is 4.90 Å². The van der Waals surface area contributed by atoms with Gasteiger partial charge in [-0.3, -0.25) is 14.5 Å². The predicted molar refractivity (Wildman–Crippen MR) is 71.0 cm³/mol. The van der Waals surface area contributed by atoms with Gasteiger partial charge in [-0.25, -0.2) is 4.79 Å². The second-order valence-electron chi connectivity index (χ2n) is 4.44. The number of hydrogen-bond donors (Lipinski definition) is 1. The Kier molecular flexibility index (Phi) is 3.85. The summed E-state index contributed by atoms with van der Waals surface area (Å²) in [7, 11) is 1.23. The molecule has 0 aliphatic carbocycles. The van der Waals surface area contributed by atoms with Gasteiger partial charge in [-0.05, 0) is 19.1 Å². The summed E-state index contributed by atoms with van der Waals surface area (Å²) in [5.41, 5.74) is -1.26. The van der Waals surface area contributed by atoms with Gasteiger partial charge in [0.05, 0.1) is 19.9 Å². The van der Waals surface area contributed by atoms with Gasteiger partial charge >= 0.3 is 12.0 Å². The Hall–Kier alpha value is -1.83. The van der Waals surface area contributed by atoms with Crippen LogP contribution in [0.25, 0.3) is 0 Å². The largest absolute Gasteiger partial charge is 0.468 e. The fourth-order valence-electron chi connectivity index (χ4n) is 1.96. The summed E-state index contributed by atoms with van der Waals surface area (Å²) in [6.45, 7) is 1.43. The molecule has 8 heteroatoms. The number of ether oxygens (including phenoxy) is 1. The average Bonchev–Trinajstić information content (AvgIpc) is 3.02. The molecule has 2 rings (SSSR count). The first kappa shape index (κ1) is 14.6. The number of methoxy groups -OCH3 is 1. The van der Waals surface area contributed by atoms with Crippen molar-refractivity contribution < 1.29 is 23.5 Å². The van der Waals surface area contributed by atoms with E-state index in [1.54, 1.807) is 19.1 Å². The first-order chi connectivity index (χ1) is 9.40. The molecule has 1 saturated heterocycles. The SMILES string of the molecule is COC(=O)C(Br)CN1C(=O)NC(C)(c2ccco2)C1=O. The summed E-state index contributed by atoms with van der Waals surface area (Å²) in [5.74, 6) is -0.703. The molecule has 1 aliphatic heterocycles. The molecule has 0 spiro atoms. The Balaban J connectivity index is 2.20. The fraction of sp³-hybridized carbons (Fsp3) is 0.417. The van der Waals surface area contributed by atoms with Crippen molar-refractivity contribution in [3.63, 3.8) is 0 Å². The van der Waals surface area contributed by atoms with Gasteiger partial charge in [0.25, 0.3) is 5.91 Å². The molecular formula is C12H13BrN2O5. The number of rotatable bonds is 4. The summed E-state index contributed by atoms with van der Waals surface area (Å²) in [5, 5.41) is 2.57. The third kappa shape index (κ3) is 2.31. The Morgan fingerprint density at radius 3 is 2.85 bits per heavy atom. The van der Waals surface area contributed by atoms with Gasteiger partial charge in [0, 0.05) is 0 Å². The molecule has 1 aromatic heterocycles. The number of imide groups is 1. The van der Waals surface area contributed by atoms with Crippen molar-refractivity contribution in [3.8, 4) is 0 Å². The van der Waals surface area contributed by atoms with Crippen LogP contribution in [0, 0.1) is 0 Å². The molecule has 0 aromatic carbocycles. The van der Waals surface area contributed by atoms with Gasteiger partial charge in [0.2, 0.25) is 0 Å². The highest BCUT2D eigenvalue weighted by molar-refractivity contribution is 9.10. The number of amides is 3. The van der Waals surface area contributed by atoms with E-state index in [1.165, 1.54) is 13.4 Å². The minimum absolute atomic E-state index is 0.117. The number of esters is 1. The lowest BCUT2D eigenvalue weighted by molar-refractivity contribution is -0.140. The van der Waals surface area contributed by atoms with Crippen LogP contribution in [0.15, 0.2) is 22.8 Å². The number of urea groups is 1. The van der Waals surface area contributed by atoms with E-state index in [1.807, 2.05) is 0 Å². The zero-order chi connectivity index (χ0) is 14.9. The molecule has 1 aromatic rings. The van der Waals surface area contributed by atoms with E-state index >= 15 is 0 Å². The van der Waals surface area contributed by atoms with E-state index in [-0.39, 0.29) is 6.54 Å². The first-order valence-electron chi connectivity index (χ1n) is 5.80. The van der Waals surface area contributed by atoms with Crippen LogP contribution in [0.3, 0.4) is 0 Å². The summed E-state index contributed by atoms with van der Waals surface area (Å²) in [4.78, 5) is 35.8. The quantitative estimate of drug-likeness (QED) is 0.499. The van der Waals surface area contributed by atoms with Crippen LogP contribution in [-0.4, -0.2) is 41.3 Å². The third-order valence-corrected chi connectivity index (χ3v) is 3.75. The molecule has 108 valence electrons. The number of hydrogen-bond acceptors (Lipinski definition) is 5. The van der Waals surface area contributed by atoms with Crippen molar-refractivity contribution in [2.24, 2.45) is 0 Å². The zero-order valence-corrected chi connectivity index (χ0v) is 12.5. The summed E-state index contributed by atoms with van der Waals surface area (Å²) in [6, 6.07) is 2.65. The number of carbonyl (C=O) groups is 3. The minimum atomic E-state index is -1.26. The molecule has 0 saturated carbocycles. The van der Waals surface area contributed by atoms with Crippen molar-refractivity contribution in [3.05, 3.63) is 24.2 Å². The maximum Gasteiger partial charge on any atom is 0.325 e. The molecule has 1 fully saturated rings. The molecule has 7 nitrogen and oxygen atoms in total. The summed E-state index contributed by atoms with van der Waals surface area (Å²) < 4.78 is 9.74. The maximum atomic E-state index is 12.4. The van der Waals surface area contributed by atoms with Crippen LogP contribution < -0.4 is 5.32 Å². The first-order valence-corrected chi connectivity index (χ1v) is 6.71. The van der Waals surface area contributed by atoms with E-state index in [2.05, 4.69) is 26.0 Å². The normalized spacial score (nSPS) is 23.6. The lowest BCUT2D eigenvalue weighted by Crippen LogP contribution is -2.42. The highest BCUT2D eigenvalue weighted by Crippen LogP contribution is 2.29. The molecule has 2 heterocycles. The summed E-state index contributed by atoms with van der Waals surface area (Å²) in [6.07, 6.45) is 1.42. The Bertz CT molecular complexity index is 544. The van der Waals surface area contributed by atoms with Gasteiger partial charge in [-0.15, -0.1) is 0 Å². The molecule has 1 aliphatic rings. The highest BCUT2D eigenvalue weighted by atomic mass is 79.9. The standard InChI is InChI=1S/C12H13BrN2O5/c1-12(8-4-3-5-20-8)10(17)15(11(18)14-12)6-7(13)9(16)19-2/h3-5,7H,6H2,1-2H3,(H,14,18). The lowest BCUT2D eigenvalue weighted by Gasteiger charge is -2.19. The lowest BCUT2D eigenvalue weighted by atomic mass is 9.99. The van der Waals surface area contributed by atoms with Gasteiger partial charge in [-0.1, -0.05) is 15.9 Å². The summed E-state index contributed by atoms with van der Waals surface area (Å²) >= 11 is 3.08. The number of nitrogens with one attached hydrogen (secondary N) is 1. The van der Waals surface area contributed by atoms with Crippen molar-refractivity contribution >= 4 is 33.8 Å². The molecule has 2 unspecified atom stereocenters. The second kappa shape index (κ2) is 5.28. The van der Waals surface area contributed by atoms with Crippen LogP contribution in [-0.2, 0) is 19.9 Å². The van der Waals surface area contributed by atoms with Gasteiger partial charge < -0.3 is 14.5 Å². The molecule has 2 atom stereocenters. The van der Waals surface area contributed by atoms with Gasteiger partial charge in [0.15, 0.2) is 5.54 Å². The van der Waals surface area contributed by atoms with Crippen LogP contribution in [0.5, 0.6) is 0 Å². The minimum Gasteiger partial charge on any atom is -0.468 e. The molecular weight excluding hydrogens is 332 g/mol. The molecule has 1 N–H and O–H groups in total. The highest BCUT2D eigenvalue weighted by Gasteiger charge is 2.51.